The summed E-state index contributed by atoms with van der Waals surface area (Å²) in [7, 11) is -3.57. The van der Waals surface area contributed by atoms with Crippen LogP contribution in [0.2, 0.25) is 0 Å². The van der Waals surface area contributed by atoms with Gasteiger partial charge in [0.1, 0.15) is 0 Å². The maximum Gasteiger partial charge on any atom is 0.243 e. The van der Waals surface area contributed by atoms with Crippen LogP contribution < -0.4 is 0 Å². The Morgan fingerprint density at radius 1 is 1.03 bits per heavy atom. The van der Waals surface area contributed by atoms with Crippen LogP contribution in [0.5, 0.6) is 0 Å². The third-order valence-electron chi connectivity index (χ3n) is 5.15. The summed E-state index contributed by atoms with van der Waals surface area (Å²) in [6.07, 6.45) is 1.47. The highest BCUT2D eigenvalue weighted by molar-refractivity contribution is 7.99. The van der Waals surface area contributed by atoms with E-state index in [1.54, 1.807) is 30.0 Å². The lowest BCUT2D eigenvalue weighted by atomic mass is 10.1. The molecule has 0 saturated carbocycles. The van der Waals surface area contributed by atoms with Gasteiger partial charge in [0.2, 0.25) is 10.0 Å². The second-order valence-corrected chi connectivity index (χ2v) is 10.2. The number of aromatic nitrogens is 3. The van der Waals surface area contributed by atoms with Gasteiger partial charge in [0.15, 0.2) is 11.0 Å². The minimum atomic E-state index is -3.57. The second-order valence-electron chi connectivity index (χ2n) is 7.24. The van der Waals surface area contributed by atoms with E-state index in [0.717, 1.165) is 17.3 Å². The number of thioether (sulfide) groups is 1. The van der Waals surface area contributed by atoms with Crippen LogP contribution in [0.25, 0.3) is 11.4 Å². The van der Waals surface area contributed by atoms with Gasteiger partial charge in [-0.05, 0) is 30.5 Å². The van der Waals surface area contributed by atoms with Crippen LogP contribution in [-0.2, 0) is 23.0 Å². The average molecular weight is 475 g/mol. The number of sulfonamides is 1. The van der Waals surface area contributed by atoms with Crippen molar-refractivity contribution < 1.29 is 13.5 Å². The van der Waals surface area contributed by atoms with Gasteiger partial charge in [-0.15, -0.1) is 10.2 Å². The number of hydrogen-bond donors (Lipinski definition) is 1. The monoisotopic (exact) mass is 474 g/mol. The van der Waals surface area contributed by atoms with E-state index in [2.05, 4.69) is 22.3 Å². The lowest BCUT2D eigenvalue weighted by Gasteiger charge is -2.19. The fourth-order valence-corrected chi connectivity index (χ4v) is 5.82. The van der Waals surface area contributed by atoms with Crippen molar-refractivity contribution in [2.24, 2.45) is 0 Å². The van der Waals surface area contributed by atoms with Crippen molar-refractivity contribution >= 4 is 21.8 Å². The molecule has 32 heavy (non-hydrogen) atoms. The van der Waals surface area contributed by atoms with Crippen molar-refractivity contribution in [3.05, 3.63) is 60.2 Å². The minimum Gasteiger partial charge on any atom is -0.396 e. The number of rotatable bonds is 12. The summed E-state index contributed by atoms with van der Waals surface area (Å²) in [5, 5.41) is 18.7. The van der Waals surface area contributed by atoms with E-state index in [4.69, 9.17) is 5.11 Å². The van der Waals surface area contributed by atoms with Crippen LogP contribution in [-0.4, -0.2) is 58.0 Å². The molecule has 3 rings (SSSR count). The van der Waals surface area contributed by atoms with E-state index in [1.807, 2.05) is 42.7 Å². The number of hydrogen-bond acceptors (Lipinski definition) is 6. The fourth-order valence-electron chi connectivity index (χ4n) is 3.43. The molecular weight excluding hydrogens is 444 g/mol. The van der Waals surface area contributed by atoms with Gasteiger partial charge < -0.3 is 9.67 Å². The summed E-state index contributed by atoms with van der Waals surface area (Å²) in [4.78, 5) is 0.255. The number of nitrogens with zero attached hydrogens (tertiary/aromatic N) is 4. The Labute approximate surface area is 194 Å². The van der Waals surface area contributed by atoms with Crippen molar-refractivity contribution in [3.8, 4) is 11.4 Å². The third kappa shape index (κ3) is 5.78. The summed E-state index contributed by atoms with van der Waals surface area (Å²) in [5.74, 6) is 1.38. The van der Waals surface area contributed by atoms with Crippen molar-refractivity contribution in [1.82, 2.24) is 19.1 Å². The number of aryl methyl sites for hydroxylation is 1. The number of aliphatic hydroxyl groups is 1. The van der Waals surface area contributed by atoms with Gasteiger partial charge in [-0.2, -0.15) is 4.31 Å². The first kappa shape index (κ1) is 24.4. The molecule has 1 N–H and O–H groups in total. The summed E-state index contributed by atoms with van der Waals surface area (Å²) >= 11 is 1.55. The molecule has 9 heteroatoms. The predicted molar refractivity (Wildman–Crippen MR) is 128 cm³/mol. The summed E-state index contributed by atoms with van der Waals surface area (Å²) < 4.78 is 29.5. The zero-order valence-electron chi connectivity index (χ0n) is 18.5. The van der Waals surface area contributed by atoms with Crippen LogP contribution >= 0.6 is 11.8 Å². The molecule has 0 saturated heterocycles. The zero-order chi connectivity index (χ0) is 23.0. The van der Waals surface area contributed by atoms with Crippen LogP contribution in [0.15, 0.2) is 64.6 Å². The van der Waals surface area contributed by atoms with Crippen LogP contribution in [0.4, 0.5) is 0 Å². The Morgan fingerprint density at radius 3 is 2.47 bits per heavy atom. The Morgan fingerprint density at radius 2 is 1.78 bits per heavy atom. The molecule has 0 spiro atoms. The Bertz CT molecular complexity index is 1100. The first-order valence-corrected chi connectivity index (χ1v) is 13.2. The molecule has 0 radical (unpaired) electrons. The van der Waals surface area contributed by atoms with E-state index in [1.165, 1.54) is 9.87 Å². The molecule has 0 aliphatic carbocycles. The zero-order valence-corrected chi connectivity index (χ0v) is 20.1. The van der Waals surface area contributed by atoms with Crippen molar-refractivity contribution in [2.45, 2.75) is 43.3 Å². The smallest absolute Gasteiger partial charge is 0.243 e. The standard InChI is InChI=1S/C23H30N4O3S2/c1-3-26(4-2)32(29,30)21-13-8-12-20(18-21)22-24-25-23(31-17-9-16-28)27(22)15-14-19-10-6-5-7-11-19/h5-8,10-13,18,28H,3-4,9,14-17H2,1-2H3. The highest BCUT2D eigenvalue weighted by atomic mass is 32.2. The van der Waals surface area contributed by atoms with Gasteiger partial charge in [-0.3, -0.25) is 0 Å². The molecule has 3 aromatic rings. The normalized spacial score (nSPS) is 11.9. The van der Waals surface area contributed by atoms with Crippen LogP contribution in [0.3, 0.4) is 0 Å². The van der Waals surface area contributed by atoms with Crippen molar-refractivity contribution in [2.75, 3.05) is 25.4 Å². The molecule has 0 atom stereocenters. The minimum absolute atomic E-state index is 0.128. The molecule has 0 aliphatic heterocycles. The van der Waals surface area contributed by atoms with Crippen LogP contribution in [0, 0.1) is 0 Å². The van der Waals surface area contributed by atoms with Crippen molar-refractivity contribution in [3.63, 3.8) is 0 Å². The highest BCUT2D eigenvalue weighted by Crippen LogP contribution is 2.27. The third-order valence-corrected chi connectivity index (χ3v) is 8.25. The molecule has 0 amide bonds. The van der Waals surface area contributed by atoms with Gasteiger partial charge in [-0.25, -0.2) is 8.42 Å². The molecule has 1 heterocycles. The molecule has 7 nitrogen and oxygen atoms in total. The molecule has 0 unspecified atom stereocenters. The second kappa shape index (κ2) is 11.6. The predicted octanol–water partition coefficient (Wildman–Crippen LogP) is 3.69. The molecule has 1 aromatic heterocycles. The Balaban J connectivity index is 1.96. The molecule has 0 bridgehead atoms. The molecule has 0 aliphatic rings. The Hall–Kier alpha value is -2.20. The lowest BCUT2D eigenvalue weighted by molar-refractivity contribution is 0.296. The molecular formula is C23H30N4O3S2. The Kier molecular flexibility index (Phi) is 8.86. The number of benzene rings is 2. The average Bonchev–Trinajstić information content (AvgIpc) is 3.22. The largest absolute Gasteiger partial charge is 0.396 e. The van der Waals surface area contributed by atoms with Gasteiger partial charge in [0.25, 0.3) is 0 Å². The highest BCUT2D eigenvalue weighted by Gasteiger charge is 2.23. The maximum absolute atomic E-state index is 13.0. The maximum atomic E-state index is 13.0. The van der Waals surface area contributed by atoms with E-state index >= 15 is 0 Å². The van der Waals surface area contributed by atoms with Gasteiger partial charge in [0, 0.05) is 37.6 Å². The van der Waals surface area contributed by atoms with E-state index < -0.39 is 10.0 Å². The van der Waals surface area contributed by atoms with Gasteiger partial charge in [-0.1, -0.05) is 68.1 Å². The summed E-state index contributed by atoms with van der Waals surface area (Å²) in [5.41, 5.74) is 1.92. The molecule has 0 fully saturated rings. The van der Waals surface area contributed by atoms with Gasteiger partial charge in [0.05, 0.1) is 4.90 Å². The number of aliphatic hydroxyl groups excluding tert-OH is 1. The van der Waals surface area contributed by atoms with E-state index in [0.29, 0.717) is 37.4 Å². The van der Waals surface area contributed by atoms with E-state index in [9.17, 15) is 8.42 Å². The first-order chi connectivity index (χ1) is 15.5. The fraction of sp³-hybridized carbons (Fsp3) is 0.391. The quantitative estimate of drug-likeness (QED) is 0.318. The molecule has 172 valence electrons. The topological polar surface area (TPSA) is 88.3 Å². The lowest BCUT2D eigenvalue weighted by Crippen LogP contribution is -2.30. The van der Waals surface area contributed by atoms with E-state index in [-0.39, 0.29) is 11.5 Å². The summed E-state index contributed by atoms with van der Waals surface area (Å²) in [6.45, 7) is 5.30. The first-order valence-electron chi connectivity index (χ1n) is 10.8. The SMILES string of the molecule is CCN(CC)S(=O)(=O)c1cccc(-c2nnc(SCCCO)n2CCc2ccccc2)c1. The van der Waals surface area contributed by atoms with Crippen LogP contribution in [0.1, 0.15) is 25.8 Å². The van der Waals surface area contributed by atoms with Crippen molar-refractivity contribution in [1.29, 1.82) is 0 Å². The summed E-state index contributed by atoms with van der Waals surface area (Å²) in [6, 6.07) is 17.1. The van der Waals surface area contributed by atoms with Gasteiger partial charge >= 0.3 is 0 Å². The molecule has 2 aromatic carbocycles.